The number of likely N-dealkylation sites (tertiary alicyclic amines) is 1. The molecule has 25 heavy (non-hydrogen) atoms. The smallest absolute Gasteiger partial charge is 0.253 e. The standard InChI is InChI=1S/C20H25N3O2/c1-3-25-14-18-12-21-15(2)22-19(18)17-10-7-11-23(13-17)20(24)16-8-5-4-6-9-16/h4-6,8-9,12,17H,3,7,10-11,13-14H2,1-2H3. The highest BCUT2D eigenvalue weighted by Gasteiger charge is 2.28. The zero-order chi connectivity index (χ0) is 17.6. The van der Waals surface area contributed by atoms with Gasteiger partial charge in [-0.15, -0.1) is 0 Å². The van der Waals surface area contributed by atoms with Crippen molar-refractivity contribution in [2.75, 3.05) is 19.7 Å². The quantitative estimate of drug-likeness (QED) is 0.838. The lowest BCUT2D eigenvalue weighted by molar-refractivity contribution is 0.0704. The molecule has 5 heteroatoms. The lowest BCUT2D eigenvalue weighted by Gasteiger charge is -2.33. The minimum atomic E-state index is 0.0995. The summed E-state index contributed by atoms with van der Waals surface area (Å²) in [6, 6.07) is 9.49. The predicted octanol–water partition coefficient (Wildman–Crippen LogP) is 3.34. The van der Waals surface area contributed by atoms with Gasteiger partial charge in [0.2, 0.25) is 0 Å². The molecule has 3 rings (SSSR count). The van der Waals surface area contributed by atoms with E-state index in [4.69, 9.17) is 4.74 Å². The number of rotatable bonds is 5. The Balaban J connectivity index is 1.79. The van der Waals surface area contributed by atoms with Gasteiger partial charge in [0, 0.05) is 42.9 Å². The van der Waals surface area contributed by atoms with Crippen molar-refractivity contribution in [2.45, 2.75) is 39.2 Å². The molecule has 1 aliphatic rings. The minimum absolute atomic E-state index is 0.0995. The Bertz CT molecular complexity index is 718. The van der Waals surface area contributed by atoms with Crippen LogP contribution >= 0.6 is 0 Å². The average Bonchev–Trinajstić information content (AvgIpc) is 2.67. The summed E-state index contributed by atoms with van der Waals surface area (Å²) < 4.78 is 5.57. The van der Waals surface area contributed by atoms with Gasteiger partial charge in [-0.3, -0.25) is 4.79 Å². The van der Waals surface area contributed by atoms with Crippen molar-refractivity contribution < 1.29 is 9.53 Å². The Hall–Kier alpha value is -2.27. The molecule has 0 saturated carbocycles. The first-order valence-corrected chi connectivity index (χ1v) is 8.93. The van der Waals surface area contributed by atoms with Crippen LogP contribution in [0.2, 0.25) is 0 Å². The van der Waals surface area contributed by atoms with Crippen LogP contribution in [0.3, 0.4) is 0 Å². The molecule has 1 saturated heterocycles. The predicted molar refractivity (Wildman–Crippen MR) is 96.4 cm³/mol. The molecular weight excluding hydrogens is 314 g/mol. The number of benzene rings is 1. The van der Waals surface area contributed by atoms with Gasteiger partial charge in [-0.1, -0.05) is 18.2 Å². The van der Waals surface area contributed by atoms with Crippen LogP contribution in [0.5, 0.6) is 0 Å². The molecule has 0 N–H and O–H groups in total. The number of ether oxygens (including phenoxy) is 1. The highest BCUT2D eigenvalue weighted by Crippen LogP contribution is 2.29. The Labute approximate surface area is 149 Å². The lowest BCUT2D eigenvalue weighted by atomic mass is 9.91. The zero-order valence-corrected chi connectivity index (χ0v) is 14.9. The first kappa shape index (κ1) is 17.5. The van der Waals surface area contributed by atoms with Crippen molar-refractivity contribution in [3.05, 3.63) is 59.2 Å². The zero-order valence-electron chi connectivity index (χ0n) is 14.9. The van der Waals surface area contributed by atoms with Crippen LogP contribution in [0.15, 0.2) is 36.5 Å². The van der Waals surface area contributed by atoms with Crippen LogP contribution in [0, 0.1) is 6.92 Å². The summed E-state index contributed by atoms with van der Waals surface area (Å²) in [5.41, 5.74) is 2.81. The molecule has 0 radical (unpaired) electrons. The molecule has 1 unspecified atom stereocenters. The van der Waals surface area contributed by atoms with Gasteiger partial charge in [0.05, 0.1) is 12.3 Å². The van der Waals surface area contributed by atoms with Gasteiger partial charge in [-0.05, 0) is 38.8 Å². The normalized spacial score (nSPS) is 17.5. The molecule has 1 aromatic carbocycles. The van der Waals surface area contributed by atoms with Gasteiger partial charge in [-0.25, -0.2) is 9.97 Å². The van der Waals surface area contributed by atoms with E-state index in [0.29, 0.717) is 19.8 Å². The topological polar surface area (TPSA) is 55.3 Å². The van der Waals surface area contributed by atoms with Crippen molar-refractivity contribution in [1.29, 1.82) is 0 Å². The van der Waals surface area contributed by atoms with Crippen molar-refractivity contribution >= 4 is 5.91 Å². The van der Waals surface area contributed by atoms with E-state index in [-0.39, 0.29) is 11.8 Å². The third-order valence-corrected chi connectivity index (χ3v) is 4.60. The van der Waals surface area contributed by atoms with Gasteiger partial charge < -0.3 is 9.64 Å². The van der Waals surface area contributed by atoms with Gasteiger partial charge in [0.15, 0.2) is 0 Å². The van der Waals surface area contributed by atoms with Crippen molar-refractivity contribution in [3.8, 4) is 0 Å². The first-order valence-electron chi connectivity index (χ1n) is 8.93. The van der Waals surface area contributed by atoms with E-state index in [1.54, 1.807) is 0 Å². The number of aromatic nitrogens is 2. The summed E-state index contributed by atoms with van der Waals surface area (Å²) in [5.74, 6) is 1.10. The third kappa shape index (κ3) is 4.23. The molecule has 1 aliphatic heterocycles. The number of piperidine rings is 1. The van der Waals surface area contributed by atoms with Crippen molar-refractivity contribution in [2.24, 2.45) is 0 Å². The largest absolute Gasteiger partial charge is 0.377 e. The molecule has 132 valence electrons. The molecule has 1 aromatic heterocycles. The SMILES string of the molecule is CCOCc1cnc(C)nc1C1CCCN(C(=O)c2ccccc2)C1. The molecule has 5 nitrogen and oxygen atoms in total. The number of hydrogen-bond acceptors (Lipinski definition) is 4. The molecule has 2 aromatic rings. The summed E-state index contributed by atoms with van der Waals surface area (Å²) in [7, 11) is 0. The Kier molecular flexibility index (Phi) is 5.76. The molecular formula is C20H25N3O2. The highest BCUT2D eigenvalue weighted by atomic mass is 16.5. The Morgan fingerprint density at radius 1 is 1.32 bits per heavy atom. The van der Waals surface area contributed by atoms with Gasteiger partial charge in [0.1, 0.15) is 5.82 Å². The van der Waals surface area contributed by atoms with E-state index in [9.17, 15) is 4.79 Å². The summed E-state index contributed by atoms with van der Waals surface area (Å²) >= 11 is 0. The summed E-state index contributed by atoms with van der Waals surface area (Å²) in [5, 5.41) is 0. The molecule has 0 aliphatic carbocycles. The Morgan fingerprint density at radius 3 is 2.88 bits per heavy atom. The van der Waals surface area contributed by atoms with E-state index >= 15 is 0 Å². The summed E-state index contributed by atoms with van der Waals surface area (Å²) in [6.07, 6.45) is 3.89. The van der Waals surface area contributed by atoms with E-state index < -0.39 is 0 Å². The molecule has 1 amide bonds. The van der Waals surface area contributed by atoms with E-state index in [0.717, 1.165) is 42.0 Å². The fraction of sp³-hybridized carbons (Fsp3) is 0.450. The van der Waals surface area contributed by atoms with E-state index in [1.807, 2.05) is 55.3 Å². The number of carbonyl (C=O) groups is 1. The average molecular weight is 339 g/mol. The maximum Gasteiger partial charge on any atom is 0.253 e. The van der Waals surface area contributed by atoms with Crippen LogP contribution in [-0.4, -0.2) is 40.5 Å². The summed E-state index contributed by atoms with van der Waals surface area (Å²) in [6.45, 7) is 6.57. The molecule has 1 atom stereocenters. The van der Waals surface area contributed by atoms with Crippen LogP contribution < -0.4 is 0 Å². The second-order valence-corrected chi connectivity index (χ2v) is 6.42. The third-order valence-electron chi connectivity index (χ3n) is 4.60. The van der Waals surface area contributed by atoms with E-state index in [1.165, 1.54) is 0 Å². The van der Waals surface area contributed by atoms with Gasteiger partial charge in [-0.2, -0.15) is 0 Å². The monoisotopic (exact) mass is 339 g/mol. The molecule has 2 heterocycles. The molecule has 0 spiro atoms. The van der Waals surface area contributed by atoms with E-state index in [2.05, 4.69) is 9.97 Å². The highest BCUT2D eigenvalue weighted by molar-refractivity contribution is 5.94. The fourth-order valence-electron chi connectivity index (χ4n) is 3.34. The van der Waals surface area contributed by atoms with Crippen LogP contribution in [0.25, 0.3) is 0 Å². The second-order valence-electron chi connectivity index (χ2n) is 6.42. The summed E-state index contributed by atoms with van der Waals surface area (Å²) in [4.78, 5) is 23.7. The number of nitrogens with zero attached hydrogens (tertiary/aromatic N) is 3. The van der Waals surface area contributed by atoms with Gasteiger partial charge in [0.25, 0.3) is 5.91 Å². The van der Waals surface area contributed by atoms with Crippen LogP contribution in [-0.2, 0) is 11.3 Å². The molecule has 1 fully saturated rings. The van der Waals surface area contributed by atoms with Gasteiger partial charge >= 0.3 is 0 Å². The lowest BCUT2D eigenvalue weighted by Crippen LogP contribution is -2.39. The van der Waals surface area contributed by atoms with Crippen LogP contribution in [0.1, 0.15) is 53.1 Å². The van der Waals surface area contributed by atoms with Crippen molar-refractivity contribution in [3.63, 3.8) is 0 Å². The van der Waals surface area contributed by atoms with Crippen molar-refractivity contribution in [1.82, 2.24) is 14.9 Å². The first-order chi connectivity index (χ1) is 12.2. The minimum Gasteiger partial charge on any atom is -0.377 e. The maximum absolute atomic E-state index is 12.8. The molecule has 0 bridgehead atoms. The number of aryl methyl sites for hydroxylation is 1. The number of amides is 1. The fourth-order valence-corrected chi connectivity index (χ4v) is 3.34. The maximum atomic E-state index is 12.8. The number of hydrogen-bond donors (Lipinski definition) is 0. The Morgan fingerprint density at radius 2 is 2.12 bits per heavy atom. The van der Waals surface area contributed by atoms with Crippen LogP contribution in [0.4, 0.5) is 0 Å². The second kappa shape index (κ2) is 8.21. The number of carbonyl (C=O) groups excluding carboxylic acids is 1.